The third-order valence-electron chi connectivity index (χ3n) is 5.33. The fourth-order valence-electron chi connectivity index (χ4n) is 3.06. The van der Waals surface area contributed by atoms with Crippen LogP contribution in [0.5, 0.6) is 0 Å². The lowest BCUT2D eigenvalue weighted by Crippen LogP contribution is -2.41. The Morgan fingerprint density at radius 3 is 1.95 bits per heavy atom. The van der Waals surface area contributed by atoms with Gasteiger partial charge in [0, 0.05) is 0 Å². The molecule has 0 heterocycles. The van der Waals surface area contributed by atoms with Gasteiger partial charge in [0.2, 0.25) is 0 Å². The molecule has 0 aliphatic heterocycles. The monoisotopic (exact) mass is 312 g/mol. The number of carbonyl (C=O) groups is 2. The highest BCUT2D eigenvalue weighted by Gasteiger charge is 2.38. The lowest BCUT2D eigenvalue weighted by molar-refractivity contribution is -0.173. The number of hydrogen-bond donors (Lipinski definition) is 1. The highest BCUT2D eigenvalue weighted by Crippen LogP contribution is 2.36. The maximum Gasteiger partial charge on any atom is 0.312 e. The molecule has 0 atom stereocenters. The SMILES string of the molecule is CCC(C)(C)C(=O)OC(C)(C)C1CCCC(C(=O)O)CCC1. The molecule has 0 unspecified atom stereocenters. The van der Waals surface area contributed by atoms with E-state index >= 15 is 0 Å². The molecule has 1 rings (SSSR count). The van der Waals surface area contributed by atoms with E-state index in [1.807, 2.05) is 34.6 Å². The topological polar surface area (TPSA) is 63.6 Å². The van der Waals surface area contributed by atoms with Crippen molar-refractivity contribution in [3.8, 4) is 0 Å². The lowest BCUT2D eigenvalue weighted by atomic mass is 9.78. The molecule has 128 valence electrons. The Hall–Kier alpha value is -1.06. The van der Waals surface area contributed by atoms with Gasteiger partial charge < -0.3 is 9.84 Å². The number of hydrogen-bond acceptors (Lipinski definition) is 3. The number of carboxylic acids is 1. The maximum atomic E-state index is 12.3. The van der Waals surface area contributed by atoms with E-state index in [0.717, 1.165) is 44.9 Å². The standard InChI is InChI=1S/C18H32O4/c1-6-17(2,3)16(21)22-18(4,5)14-11-7-9-13(15(19)20)10-8-12-14/h13-14H,6-12H2,1-5H3,(H,19,20). The van der Waals surface area contributed by atoms with Gasteiger partial charge in [0.1, 0.15) is 5.60 Å². The average Bonchev–Trinajstić information content (AvgIpc) is 2.36. The van der Waals surface area contributed by atoms with Crippen LogP contribution in [0.1, 0.15) is 79.6 Å². The molecule has 1 aliphatic carbocycles. The summed E-state index contributed by atoms with van der Waals surface area (Å²) in [6.07, 6.45) is 5.85. The number of esters is 1. The van der Waals surface area contributed by atoms with Crippen molar-refractivity contribution in [1.82, 2.24) is 0 Å². The van der Waals surface area contributed by atoms with E-state index in [0.29, 0.717) is 5.92 Å². The van der Waals surface area contributed by atoms with Gasteiger partial charge in [-0.1, -0.05) is 19.8 Å². The molecule has 0 spiro atoms. The molecule has 4 heteroatoms. The Morgan fingerprint density at radius 2 is 1.55 bits per heavy atom. The van der Waals surface area contributed by atoms with Crippen LogP contribution in [0.15, 0.2) is 0 Å². The molecule has 0 amide bonds. The first-order chi connectivity index (χ1) is 10.1. The fraction of sp³-hybridized carbons (Fsp3) is 0.889. The van der Waals surface area contributed by atoms with Crippen molar-refractivity contribution in [3.63, 3.8) is 0 Å². The molecule has 1 fully saturated rings. The quantitative estimate of drug-likeness (QED) is 0.763. The molecule has 0 radical (unpaired) electrons. The van der Waals surface area contributed by atoms with Crippen LogP contribution in [0, 0.1) is 17.3 Å². The van der Waals surface area contributed by atoms with Crippen molar-refractivity contribution in [1.29, 1.82) is 0 Å². The molecule has 0 aromatic carbocycles. The molecule has 1 aliphatic rings. The van der Waals surface area contributed by atoms with Gasteiger partial charge in [0.15, 0.2) is 0 Å². The van der Waals surface area contributed by atoms with Crippen molar-refractivity contribution < 1.29 is 19.4 Å². The normalized spacial score (nSPS) is 24.2. The fourth-order valence-corrected chi connectivity index (χ4v) is 3.06. The Balaban J connectivity index is 2.65. The van der Waals surface area contributed by atoms with E-state index in [1.165, 1.54) is 0 Å². The Kier molecular flexibility index (Phi) is 6.45. The molecule has 0 saturated heterocycles. The first-order valence-corrected chi connectivity index (χ1v) is 8.56. The van der Waals surface area contributed by atoms with E-state index in [2.05, 4.69) is 0 Å². The zero-order valence-corrected chi connectivity index (χ0v) is 14.8. The first-order valence-electron chi connectivity index (χ1n) is 8.56. The van der Waals surface area contributed by atoms with Crippen molar-refractivity contribution in [3.05, 3.63) is 0 Å². The molecule has 4 nitrogen and oxygen atoms in total. The summed E-state index contributed by atoms with van der Waals surface area (Å²) in [4.78, 5) is 23.5. The van der Waals surface area contributed by atoms with Crippen LogP contribution >= 0.6 is 0 Å². The zero-order valence-electron chi connectivity index (χ0n) is 14.8. The van der Waals surface area contributed by atoms with E-state index in [-0.39, 0.29) is 11.9 Å². The van der Waals surface area contributed by atoms with Crippen LogP contribution < -0.4 is 0 Å². The van der Waals surface area contributed by atoms with Gasteiger partial charge in [-0.15, -0.1) is 0 Å². The minimum atomic E-state index is -0.672. The molecule has 1 saturated carbocycles. The van der Waals surface area contributed by atoms with Gasteiger partial charge in [-0.2, -0.15) is 0 Å². The molecule has 0 bridgehead atoms. The van der Waals surface area contributed by atoms with Crippen LogP contribution in [0.3, 0.4) is 0 Å². The largest absolute Gasteiger partial charge is 0.481 e. The number of rotatable bonds is 5. The summed E-state index contributed by atoms with van der Waals surface area (Å²) in [5, 5.41) is 9.15. The molecule has 0 aromatic heterocycles. The highest BCUT2D eigenvalue weighted by atomic mass is 16.6. The minimum Gasteiger partial charge on any atom is -0.481 e. The van der Waals surface area contributed by atoms with Crippen molar-refractivity contribution in [2.24, 2.45) is 17.3 Å². The van der Waals surface area contributed by atoms with Gasteiger partial charge in [0.25, 0.3) is 0 Å². The summed E-state index contributed by atoms with van der Waals surface area (Å²) in [5.74, 6) is -0.705. The van der Waals surface area contributed by atoms with Gasteiger partial charge in [0.05, 0.1) is 11.3 Å². The number of carbonyl (C=O) groups excluding carboxylic acids is 1. The van der Waals surface area contributed by atoms with Gasteiger partial charge in [-0.3, -0.25) is 9.59 Å². The first kappa shape index (κ1) is 19.0. The number of carboxylic acid groups (broad SMARTS) is 1. The summed E-state index contributed by atoms with van der Waals surface area (Å²) in [7, 11) is 0. The molecular formula is C18H32O4. The van der Waals surface area contributed by atoms with Gasteiger partial charge in [-0.25, -0.2) is 0 Å². The number of ether oxygens (including phenoxy) is 1. The Morgan fingerprint density at radius 1 is 1.05 bits per heavy atom. The number of aliphatic carboxylic acids is 1. The van der Waals surface area contributed by atoms with Gasteiger partial charge in [-0.05, 0) is 65.7 Å². The molecule has 22 heavy (non-hydrogen) atoms. The predicted molar refractivity (Wildman–Crippen MR) is 86.6 cm³/mol. The Labute approximate surface area is 134 Å². The van der Waals surface area contributed by atoms with E-state index in [1.54, 1.807) is 0 Å². The second kappa shape index (κ2) is 7.47. The zero-order chi connectivity index (χ0) is 17.0. The second-order valence-corrected chi connectivity index (χ2v) is 7.82. The predicted octanol–water partition coefficient (Wildman–Crippen LogP) is 4.42. The van der Waals surface area contributed by atoms with Crippen LogP contribution in [0.2, 0.25) is 0 Å². The van der Waals surface area contributed by atoms with Crippen LogP contribution in [0.25, 0.3) is 0 Å². The lowest BCUT2D eigenvalue weighted by Gasteiger charge is -2.38. The minimum absolute atomic E-state index is 0.134. The summed E-state index contributed by atoms with van der Waals surface area (Å²) in [5.41, 5.74) is -0.938. The third kappa shape index (κ3) is 4.99. The van der Waals surface area contributed by atoms with Gasteiger partial charge >= 0.3 is 11.9 Å². The van der Waals surface area contributed by atoms with E-state index in [4.69, 9.17) is 9.84 Å². The van der Waals surface area contributed by atoms with Crippen LogP contribution in [-0.4, -0.2) is 22.6 Å². The Bertz CT molecular complexity index is 388. The average molecular weight is 312 g/mol. The van der Waals surface area contributed by atoms with Crippen molar-refractivity contribution >= 4 is 11.9 Å². The summed E-state index contributed by atoms with van der Waals surface area (Å²) >= 11 is 0. The highest BCUT2D eigenvalue weighted by molar-refractivity contribution is 5.76. The summed E-state index contributed by atoms with van der Waals surface area (Å²) in [6, 6.07) is 0. The third-order valence-corrected chi connectivity index (χ3v) is 5.33. The van der Waals surface area contributed by atoms with E-state index in [9.17, 15) is 9.59 Å². The molecular weight excluding hydrogens is 280 g/mol. The molecule has 1 N–H and O–H groups in total. The second-order valence-electron chi connectivity index (χ2n) is 7.82. The van der Waals surface area contributed by atoms with E-state index < -0.39 is 17.0 Å². The molecule has 0 aromatic rings. The summed E-state index contributed by atoms with van der Waals surface area (Å²) in [6.45, 7) is 9.83. The maximum absolute atomic E-state index is 12.3. The van der Waals surface area contributed by atoms with Crippen LogP contribution in [-0.2, 0) is 14.3 Å². The van der Waals surface area contributed by atoms with Crippen LogP contribution in [0.4, 0.5) is 0 Å². The summed E-state index contributed by atoms with van der Waals surface area (Å²) < 4.78 is 5.85. The van der Waals surface area contributed by atoms with Crippen molar-refractivity contribution in [2.75, 3.05) is 0 Å². The smallest absolute Gasteiger partial charge is 0.312 e. The van der Waals surface area contributed by atoms with Crippen molar-refractivity contribution in [2.45, 2.75) is 85.2 Å².